The van der Waals surface area contributed by atoms with Crippen molar-refractivity contribution in [2.24, 2.45) is 0 Å². The number of benzene rings is 2. The summed E-state index contributed by atoms with van der Waals surface area (Å²) in [5.41, 5.74) is 0.921. The quantitative estimate of drug-likeness (QED) is 0.830. The molecule has 0 unspecified atom stereocenters. The van der Waals surface area contributed by atoms with Gasteiger partial charge in [-0.1, -0.05) is 38.5 Å². The molecule has 0 radical (unpaired) electrons. The molecule has 5 heteroatoms. The number of rotatable bonds is 2. The predicted molar refractivity (Wildman–Crippen MR) is 85.1 cm³/mol. The molecule has 118 valence electrons. The Labute approximate surface area is 131 Å². The van der Waals surface area contributed by atoms with Crippen LogP contribution in [-0.2, 0) is 15.3 Å². The van der Waals surface area contributed by atoms with Crippen molar-refractivity contribution in [3.8, 4) is 11.5 Å². The fraction of sp³-hybridized carbons (Fsp3) is 0.294. The lowest BCUT2D eigenvalue weighted by atomic mass is 9.87. The van der Waals surface area contributed by atoms with Crippen molar-refractivity contribution in [1.82, 2.24) is 0 Å². The fourth-order valence-corrected chi connectivity index (χ4v) is 3.88. The minimum atomic E-state index is -3.78. The van der Waals surface area contributed by atoms with Crippen LogP contribution in [-0.4, -0.2) is 18.6 Å². The van der Waals surface area contributed by atoms with Crippen molar-refractivity contribution >= 4 is 9.84 Å². The molecule has 0 saturated carbocycles. The smallest absolute Gasteiger partial charge is 0.207 e. The van der Waals surface area contributed by atoms with Crippen LogP contribution in [0.3, 0.4) is 0 Å². The maximum atomic E-state index is 12.9. The average molecular weight is 320 g/mol. The normalized spacial score (nSPS) is 12.4. The SMILES string of the molecule is Cc1ccc(S(=O)(=O)c2cc(O)c(O)cc2C(C)(C)C)cc1. The maximum Gasteiger partial charge on any atom is 0.207 e. The lowest BCUT2D eigenvalue weighted by molar-refractivity contribution is 0.399. The molecule has 22 heavy (non-hydrogen) atoms. The molecule has 0 aromatic heterocycles. The van der Waals surface area contributed by atoms with E-state index in [0.717, 1.165) is 11.6 Å². The third-order valence-electron chi connectivity index (χ3n) is 3.51. The van der Waals surface area contributed by atoms with Gasteiger partial charge in [-0.25, -0.2) is 8.42 Å². The van der Waals surface area contributed by atoms with Crippen LogP contribution in [0.2, 0.25) is 0 Å². The lowest BCUT2D eigenvalue weighted by Gasteiger charge is -2.23. The highest BCUT2D eigenvalue weighted by molar-refractivity contribution is 7.91. The van der Waals surface area contributed by atoms with E-state index in [-0.39, 0.29) is 15.5 Å². The Hall–Kier alpha value is -2.01. The molecule has 0 bridgehead atoms. The molecule has 2 N–H and O–H groups in total. The van der Waals surface area contributed by atoms with Crippen molar-refractivity contribution in [1.29, 1.82) is 0 Å². The van der Waals surface area contributed by atoms with E-state index in [1.165, 1.54) is 6.07 Å². The van der Waals surface area contributed by atoms with Crippen LogP contribution in [0.4, 0.5) is 0 Å². The number of phenolic OH excluding ortho intramolecular Hbond substituents is 2. The summed E-state index contributed by atoms with van der Waals surface area (Å²) >= 11 is 0. The molecule has 4 nitrogen and oxygen atoms in total. The molecule has 0 spiro atoms. The van der Waals surface area contributed by atoms with Gasteiger partial charge in [-0.2, -0.15) is 0 Å². The van der Waals surface area contributed by atoms with Gasteiger partial charge in [0.05, 0.1) is 9.79 Å². The lowest BCUT2D eigenvalue weighted by Crippen LogP contribution is -2.17. The molecule has 0 saturated heterocycles. The van der Waals surface area contributed by atoms with E-state index in [4.69, 9.17) is 0 Å². The first-order chi connectivity index (χ1) is 10.0. The first kappa shape index (κ1) is 16.4. The molecule has 2 aromatic carbocycles. The highest BCUT2D eigenvalue weighted by atomic mass is 32.2. The van der Waals surface area contributed by atoms with E-state index < -0.39 is 21.0 Å². The minimum Gasteiger partial charge on any atom is -0.504 e. The molecule has 2 aromatic rings. The number of sulfone groups is 1. The van der Waals surface area contributed by atoms with Crippen LogP contribution < -0.4 is 0 Å². The van der Waals surface area contributed by atoms with Crippen molar-refractivity contribution < 1.29 is 18.6 Å². The van der Waals surface area contributed by atoms with Crippen molar-refractivity contribution in [2.75, 3.05) is 0 Å². The molecular formula is C17H20O4S. The minimum absolute atomic E-state index is 0.0131. The number of aromatic hydroxyl groups is 2. The summed E-state index contributed by atoms with van der Waals surface area (Å²) in [6, 6.07) is 8.97. The van der Waals surface area contributed by atoms with Gasteiger partial charge < -0.3 is 10.2 Å². The summed E-state index contributed by atoms with van der Waals surface area (Å²) in [6.07, 6.45) is 0. The predicted octanol–water partition coefficient (Wildman–Crippen LogP) is 3.54. The molecule has 0 aliphatic rings. The van der Waals surface area contributed by atoms with Gasteiger partial charge in [-0.15, -0.1) is 0 Å². The van der Waals surface area contributed by atoms with Gasteiger partial charge in [0, 0.05) is 6.07 Å². The van der Waals surface area contributed by atoms with Gasteiger partial charge in [-0.3, -0.25) is 0 Å². The topological polar surface area (TPSA) is 74.6 Å². The van der Waals surface area contributed by atoms with Crippen LogP contribution in [0.5, 0.6) is 11.5 Å². The molecule has 0 aliphatic carbocycles. The summed E-state index contributed by atoms with van der Waals surface area (Å²) < 4.78 is 25.8. The van der Waals surface area contributed by atoms with E-state index >= 15 is 0 Å². The van der Waals surface area contributed by atoms with Gasteiger partial charge in [0.1, 0.15) is 0 Å². The average Bonchev–Trinajstić information content (AvgIpc) is 2.40. The Morgan fingerprint density at radius 3 is 1.91 bits per heavy atom. The molecular weight excluding hydrogens is 300 g/mol. The second-order valence-electron chi connectivity index (χ2n) is 6.40. The zero-order valence-electron chi connectivity index (χ0n) is 13.1. The Morgan fingerprint density at radius 1 is 0.909 bits per heavy atom. The van der Waals surface area contributed by atoms with E-state index in [1.807, 2.05) is 27.7 Å². The summed E-state index contributed by atoms with van der Waals surface area (Å²) in [7, 11) is -3.78. The van der Waals surface area contributed by atoms with Crippen molar-refractivity contribution in [3.05, 3.63) is 47.5 Å². The number of aryl methyl sites for hydroxylation is 1. The summed E-state index contributed by atoms with van der Waals surface area (Å²) in [6.45, 7) is 7.44. The second-order valence-corrected chi connectivity index (χ2v) is 8.32. The summed E-state index contributed by atoms with van der Waals surface area (Å²) in [5, 5.41) is 19.4. The van der Waals surface area contributed by atoms with E-state index in [9.17, 15) is 18.6 Å². The highest BCUT2D eigenvalue weighted by Crippen LogP contribution is 2.39. The molecule has 2 rings (SSSR count). The van der Waals surface area contributed by atoms with Crippen LogP contribution in [0.1, 0.15) is 31.9 Å². The standard InChI is InChI=1S/C17H20O4S/c1-11-5-7-12(8-6-11)22(20,21)16-10-15(19)14(18)9-13(16)17(2,3)4/h5-10,18-19H,1-4H3. The largest absolute Gasteiger partial charge is 0.504 e. The summed E-state index contributed by atoms with van der Waals surface area (Å²) in [5.74, 6) is -0.772. The van der Waals surface area contributed by atoms with Gasteiger partial charge in [0.2, 0.25) is 9.84 Å². The Bertz CT molecular complexity index is 798. The molecule has 0 fully saturated rings. The second kappa shape index (κ2) is 5.32. The fourth-order valence-electron chi connectivity index (χ4n) is 2.21. The number of hydrogen-bond acceptors (Lipinski definition) is 4. The van der Waals surface area contributed by atoms with Crippen LogP contribution >= 0.6 is 0 Å². The zero-order chi connectivity index (χ0) is 16.7. The van der Waals surface area contributed by atoms with Crippen LogP contribution in [0.25, 0.3) is 0 Å². The molecule has 0 atom stereocenters. The Balaban J connectivity index is 2.75. The van der Waals surface area contributed by atoms with Crippen molar-refractivity contribution in [3.63, 3.8) is 0 Å². The molecule has 0 amide bonds. The van der Waals surface area contributed by atoms with Crippen molar-refractivity contribution in [2.45, 2.75) is 42.9 Å². The molecule has 0 aliphatic heterocycles. The zero-order valence-corrected chi connectivity index (χ0v) is 13.9. The van der Waals surface area contributed by atoms with Gasteiger partial charge in [-0.05, 0) is 36.1 Å². The monoisotopic (exact) mass is 320 g/mol. The van der Waals surface area contributed by atoms with Crippen LogP contribution in [0, 0.1) is 6.92 Å². The van der Waals surface area contributed by atoms with Gasteiger partial charge >= 0.3 is 0 Å². The molecule has 0 heterocycles. The first-order valence-electron chi connectivity index (χ1n) is 6.91. The Morgan fingerprint density at radius 2 is 1.41 bits per heavy atom. The van der Waals surface area contributed by atoms with E-state index in [1.54, 1.807) is 24.3 Å². The number of phenols is 2. The number of hydrogen-bond donors (Lipinski definition) is 2. The van der Waals surface area contributed by atoms with Gasteiger partial charge in [0.25, 0.3) is 0 Å². The third kappa shape index (κ3) is 2.95. The van der Waals surface area contributed by atoms with E-state index in [2.05, 4.69) is 0 Å². The van der Waals surface area contributed by atoms with Crippen LogP contribution in [0.15, 0.2) is 46.2 Å². The maximum absolute atomic E-state index is 12.9. The summed E-state index contributed by atoms with van der Waals surface area (Å²) in [4.78, 5) is 0.174. The first-order valence-corrected chi connectivity index (χ1v) is 8.40. The van der Waals surface area contributed by atoms with Gasteiger partial charge in [0.15, 0.2) is 11.5 Å². The third-order valence-corrected chi connectivity index (χ3v) is 5.32. The van der Waals surface area contributed by atoms with E-state index in [0.29, 0.717) is 5.56 Å². The highest BCUT2D eigenvalue weighted by Gasteiger charge is 2.29. The Kier molecular flexibility index (Phi) is 3.96.